The fourth-order valence-corrected chi connectivity index (χ4v) is 4.21. The molecule has 0 saturated carbocycles. The lowest BCUT2D eigenvalue weighted by Gasteiger charge is -2.18. The van der Waals surface area contributed by atoms with Crippen molar-refractivity contribution in [2.45, 2.75) is 43.2 Å². The minimum atomic E-state index is -3.99. The van der Waals surface area contributed by atoms with Gasteiger partial charge in [0.1, 0.15) is 12.1 Å². The summed E-state index contributed by atoms with van der Waals surface area (Å²) in [4.78, 5) is 28.9. The maximum atomic E-state index is 12.8. The number of hydrogen-bond acceptors (Lipinski definition) is 7. The lowest BCUT2D eigenvalue weighted by Crippen LogP contribution is -2.45. The van der Waals surface area contributed by atoms with E-state index in [0.717, 1.165) is 12.0 Å². The molecule has 2 aromatic rings. The molecule has 1 aliphatic rings. The smallest absolute Gasteiger partial charge is 0.332 e. The Morgan fingerprint density at radius 3 is 2.66 bits per heavy atom. The molecule has 1 aliphatic heterocycles. The van der Waals surface area contributed by atoms with Crippen molar-refractivity contribution in [2.75, 3.05) is 6.54 Å². The van der Waals surface area contributed by atoms with Gasteiger partial charge >= 0.3 is 11.9 Å². The average Bonchev–Trinajstić information content (AvgIpc) is 3.23. The molecule has 8 nitrogen and oxygen atoms in total. The zero-order valence-electron chi connectivity index (χ0n) is 16.0. The van der Waals surface area contributed by atoms with E-state index in [0.29, 0.717) is 18.5 Å². The van der Waals surface area contributed by atoms with E-state index in [1.165, 1.54) is 18.3 Å². The molecule has 1 saturated heterocycles. The highest BCUT2D eigenvalue weighted by Gasteiger charge is 2.32. The van der Waals surface area contributed by atoms with Gasteiger partial charge in [-0.15, -0.1) is 0 Å². The highest BCUT2D eigenvalue weighted by Crippen LogP contribution is 2.14. The van der Waals surface area contributed by atoms with Gasteiger partial charge in [-0.05, 0) is 50.1 Å². The number of aryl methyl sites for hydroxylation is 1. The monoisotopic (exact) mass is 417 g/mol. The van der Waals surface area contributed by atoms with Crippen LogP contribution in [0.3, 0.4) is 0 Å². The van der Waals surface area contributed by atoms with Gasteiger partial charge in [0.2, 0.25) is 10.0 Å². The fourth-order valence-electron chi connectivity index (χ4n) is 3.03. The van der Waals surface area contributed by atoms with Gasteiger partial charge in [-0.3, -0.25) is 4.98 Å². The maximum absolute atomic E-state index is 12.8. The van der Waals surface area contributed by atoms with Gasteiger partial charge in [-0.2, -0.15) is 4.72 Å². The standard InChI is InChI=1S/C20H23N3O5S/c1-14-6-8-16(9-7-14)29(26,27)23-18(12-15-4-2-10-21-13-15)20(25)28-19(24)17-5-3-11-22-17/h2,4,6-10,13,17-18,22-23H,3,5,11-12H2,1H3/t17-,18-/m0/s1. The second kappa shape index (κ2) is 9.25. The zero-order valence-corrected chi connectivity index (χ0v) is 16.8. The minimum Gasteiger partial charge on any atom is -0.391 e. The van der Waals surface area contributed by atoms with Crippen molar-refractivity contribution in [1.82, 2.24) is 15.0 Å². The van der Waals surface area contributed by atoms with Crippen molar-refractivity contribution >= 4 is 22.0 Å². The average molecular weight is 417 g/mol. The number of sulfonamides is 1. The Kier molecular flexibility index (Phi) is 6.73. The number of ether oxygens (including phenoxy) is 1. The van der Waals surface area contributed by atoms with Crippen molar-refractivity contribution in [2.24, 2.45) is 0 Å². The van der Waals surface area contributed by atoms with E-state index in [1.54, 1.807) is 30.5 Å². The molecule has 0 aliphatic carbocycles. The van der Waals surface area contributed by atoms with Crippen LogP contribution in [0.25, 0.3) is 0 Å². The summed E-state index contributed by atoms with van der Waals surface area (Å²) in [5, 5.41) is 2.95. The zero-order chi connectivity index (χ0) is 20.9. The molecule has 1 fully saturated rings. The number of esters is 2. The Morgan fingerprint density at radius 1 is 1.28 bits per heavy atom. The number of carbonyl (C=O) groups is 2. The first kappa shape index (κ1) is 21.1. The van der Waals surface area contributed by atoms with Crippen LogP contribution in [0.5, 0.6) is 0 Å². The fraction of sp³-hybridized carbons (Fsp3) is 0.350. The van der Waals surface area contributed by atoms with Crippen molar-refractivity contribution in [3.63, 3.8) is 0 Å². The molecule has 3 rings (SSSR count). The van der Waals surface area contributed by atoms with Gasteiger partial charge in [-0.1, -0.05) is 23.8 Å². The summed E-state index contributed by atoms with van der Waals surface area (Å²) in [6.45, 7) is 2.52. The van der Waals surface area contributed by atoms with Crippen LogP contribution in [0, 0.1) is 6.92 Å². The van der Waals surface area contributed by atoms with E-state index < -0.39 is 34.0 Å². The number of aromatic nitrogens is 1. The first-order chi connectivity index (χ1) is 13.8. The second-order valence-corrected chi connectivity index (χ2v) is 8.66. The molecule has 1 aromatic heterocycles. The molecule has 0 bridgehead atoms. The summed E-state index contributed by atoms with van der Waals surface area (Å²) >= 11 is 0. The van der Waals surface area contributed by atoms with Crippen molar-refractivity contribution in [3.05, 3.63) is 59.9 Å². The van der Waals surface area contributed by atoms with Crippen LogP contribution in [0.1, 0.15) is 24.0 Å². The van der Waals surface area contributed by atoms with Crippen LogP contribution >= 0.6 is 0 Å². The van der Waals surface area contributed by atoms with Gasteiger partial charge < -0.3 is 10.1 Å². The lowest BCUT2D eigenvalue weighted by atomic mass is 10.1. The first-order valence-corrected chi connectivity index (χ1v) is 10.8. The maximum Gasteiger partial charge on any atom is 0.332 e. The van der Waals surface area contributed by atoms with Crippen LogP contribution < -0.4 is 10.0 Å². The molecule has 0 unspecified atom stereocenters. The molecule has 0 radical (unpaired) electrons. The van der Waals surface area contributed by atoms with E-state index in [2.05, 4.69) is 15.0 Å². The van der Waals surface area contributed by atoms with Gasteiger partial charge in [-0.25, -0.2) is 18.0 Å². The van der Waals surface area contributed by atoms with Gasteiger partial charge in [0.25, 0.3) is 0 Å². The normalized spacial score (nSPS) is 17.6. The van der Waals surface area contributed by atoms with Crippen LogP contribution in [0.2, 0.25) is 0 Å². The second-order valence-electron chi connectivity index (χ2n) is 6.94. The Bertz CT molecular complexity index is 955. The third-order valence-corrected chi connectivity index (χ3v) is 6.11. The molecule has 0 spiro atoms. The van der Waals surface area contributed by atoms with Gasteiger partial charge in [0, 0.05) is 18.8 Å². The molecular formula is C20H23N3O5S. The summed E-state index contributed by atoms with van der Waals surface area (Å²) in [6, 6.07) is 7.82. The van der Waals surface area contributed by atoms with Crippen molar-refractivity contribution < 1.29 is 22.7 Å². The predicted octanol–water partition coefficient (Wildman–Crippen LogP) is 1.10. The molecule has 154 valence electrons. The van der Waals surface area contributed by atoms with Crippen LogP contribution in [-0.4, -0.2) is 44.0 Å². The highest BCUT2D eigenvalue weighted by molar-refractivity contribution is 7.89. The highest BCUT2D eigenvalue weighted by atomic mass is 32.2. The van der Waals surface area contributed by atoms with Crippen molar-refractivity contribution in [1.29, 1.82) is 0 Å². The molecule has 29 heavy (non-hydrogen) atoms. The number of rotatable bonds is 7. The molecule has 9 heteroatoms. The van der Waals surface area contributed by atoms with E-state index in [4.69, 9.17) is 4.74 Å². The van der Waals surface area contributed by atoms with Crippen LogP contribution in [0.4, 0.5) is 0 Å². The third kappa shape index (κ3) is 5.69. The predicted molar refractivity (Wildman–Crippen MR) is 105 cm³/mol. The molecule has 0 amide bonds. The minimum absolute atomic E-state index is 0.00312. The summed E-state index contributed by atoms with van der Waals surface area (Å²) in [6.07, 6.45) is 4.49. The molecule has 2 atom stereocenters. The molecule has 2 N–H and O–H groups in total. The summed E-state index contributed by atoms with van der Waals surface area (Å²) in [7, 11) is -3.99. The van der Waals surface area contributed by atoms with Gasteiger partial charge in [0.15, 0.2) is 0 Å². The van der Waals surface area contributed by atoms with E-state index in [1.807, 2.05) is 6.92 Å². The van der Waals surface area contributed by atoms with Crippen molar-refractivity contribution in [3.8, 4) is 0 Å². The van der Waals surface area contributed by atoms with E-state index in [9.17, 15) is 18.0 Å². The number of pyridine rings is 1. The Morgan fingerprint density at radius 2 is 2.03 bits per heavy atom. The van der Waals surface area contributed by atoms with Crippen LogP contribution in [-0.2, 0) is 30.8 Å². The summed E-state index contributed by atoms with van der Waals surface area (Å²) in [5.74, 6) is -1.64. The number of benzene rings is 1. The topological polar surface area (TPSA) is 114 Å². The van der Waals surface area contributed by atoms with Gasteiger partial charge in [0.05, 0.1) is 4.90 Å². The number of carbonyl (C=O) groups excluding carboxylic acids is 2. The Hall–Kier alpha value is -2.62. The van der Waals surface area contributed by atoms with E-state index >= 15 is 0 Å². The first-order valence-electron chi connectivity index (χ1n) is 9.32. The Labute approximate surface area is 169 Å². The molecule has 2 heterocycles. The van der Waals surface area contributed by atoms with E-state index in [-0.39, 0.29) is 11.3 Å². The largest absolute Gasteiger partial charge is 0.391 e. The quantitative estimate of drug-likeness (QED) is 0.512. The SMILES string of the molecule is Cc1ccc(S(=O)(=O)N[C@@H](Cc2cccnc2)C(=O)OC(=O)[C@@H]2CCCN2)cc1. The molecule has 1 aromatic carbocycles. The van der Waals surface area contributed by atoms with Crippen LogP contribution in [0.15, 0.2) is 53.7 Å². The number of nitrogens with one attached hydrogen (secondary N) is 2. The summed E-state index contributed by atoms with van der Waals surface area (Å²) in [5.41, 5.74) is 1.54. The molecular weight excluding hydrogens is 394 g/mol. The summed E-state index contributed by atoms with van der Waals surface area (Å²) < 4.78 is 32.9. The number of hydrogen-bond donors (Lipinski definition) is 2. The lowest BCUT2D eigenvalue weighted by molar-refractivity contribution is -0.162. The number of nitrogens with zero attached hydrogens (tertiary/aromatic N) is 1. The third-order valence-electron chi connectivity index (χ3n) is 4.62. The Balaban J connectivity index is 1.79.